The largest absolute Gasteiger partial charge is 0.493 e. The van der Waals surface area contributed by atoms with Crippen LogP contribution in [0.25, 0.3) is 0 Å². The first-order valence-electron chi connectivity index (χ1n) is 14.5. The third-order valence-electron chi connectivity index (χ3n) is 9.07. The molecule has 0 radical (unpaired) electrons. The number of hydrogen-bond acceptors (Lipinski definition) is 4. The minimum Gasteiger partial charge on any atom is -0.493 e. The van der Waals surface area contributed by atoms with E-state index in [1.165, 1.54) is 19.3 Å². The predicted octanol–water partition coefficient (Wildman–Crippen LogP) is 8.45. The van der Waals surface area contributed by atoms with Crippen molar-refractivity contribution >= 4 is 30.0 Å². The molecule has 0 amide bonds. The molecule has 2 unspecified atom stereocenters. The van der Waals surface area contributed by atoms with Gasteiger partial charge in [-0.3, -0.25) is 4.79 Å². The van der Waals surface area contributed by atoms with Gasteiger partial charge in [0.15, 0.2) is 14.1 Å². The van der Waals surface area contributed by atoms with Gasteiger partial charge in [-0.15, -0.1) is 0 Å². The number of allylic oxidation sites excluding steroid dienone is 1. The maximum atomic E-state index is 13.3. The van der Waals surface area contributed by atoms with Gasteiger partial charge in [-0.1, -0.05) is 75.7 Å². The topological polar surface area (TPSA) is 66.8 Å². The summed E-state index contributed by atoms with van der Waals surface area (Å²) in [7, 11) is -2.31. The summed E-state index contributed by atoms with van der Waals surface area (Å²) in [4.78, 5) is 24.2. The zero-order valence-electron chi connectivity index (χ0n) is 24.0. The maximum absolute atomic E-state index is 13.3. The van der Waals surface area contributed by atoms with E-state index in [9.17, 15) is 14.7 Å². The Hall–Kier alpha value is -0.953. The third kappa shape index (κ3) is 7.17. The Bertz CT molecular complexity index is 978. The van der Waals surface area contributed by atoms with Crippen LogP contribution in [0.4, 0.5) is 0 Å². The number of unbranched alkanes of at least 4 members (excludes halogenated alkanes) is 3. The van der Waals surface area contributed by atoms with Crippen molar-refractivity contribution in [2.45, 2.75) is 123 Å². The van der Waals surface area contributed by atoms with Crippen molar-refractivity contribution in [2.24, 2.45) is 11.8 Å². The van der Waals surface area contributed by atoms with Crippen LogP contribution in [-0.2, 0) is 11.2 Å². The minimum absolute atomic E-state index is 0.0617. The molecule has 2 aliphatic carbocycles. The first-order valence-corrected chi connectivity index (χ1v) is 18.3. The van der Waals surface area contributed by atoms with Gasteiger partial charge in [0, 0.05) is 22.0 Å². The molecule has 37 heavy (non-hydrogen) atoms. The Labute approximate surface area is 234 Å². The second kappa shape index (κ2) is 12.9. The van der Waals surface area contributed by atoms with Gasteiger partial charge >= 0.3 is 0 Å². The molecule has 2 N–H and O–H groups in total. The van der Waals surface area contributed by atoms with Crippen LogP contribution in [0.2, 0.25) is 18.1 Å². The van der Waals surface area contributed by atoms with Gasteiger partial charge in [-0.2, -0.15) is 0 Å². The molecule has 6 heteroatoms. The van der Waals surface area contributed by atoms with Crippen LogP contribution in [0.15, 0.2) is 27.8 Å². The zero-order chi connectivity index (χ0) is 27.4. The quantitative estimate of drug-likeness (QED) is 0.168. The predicted molar refractivity (Wildman–Crippen MR) is 159 cm³/mol. The van der Waals surface area contributed by atoms with Crippen molar-refractivity contribution in [3.63, 3.8) is 0 Å². The van der Waals surface area contributed by atoms with Crippen molar-refractivity contribution in [2.75, 3.05) is 6.61 Å². The normalized spacial score (nSPS) is 20.7. The number of rotatable bonds is 14. The van der Waals surface area contributed by atoms with Crippen molar-refractivity contribution in [3.05, 3.63) is 38.9 Å². The van der Waals surface area contributed by atoms with E-state index in [0.717, 1.165) is 77.4 Å². The highest BCUT2D eigenvalue weighted by Gasteiger charge is 2.43. The van der Waals surface area contributed by atoms with Crippen LogP contribution in [0.5, 0.6) is 5.75 Å². The monoisotopic (exact) mass is 592 g/mol. The average Bonchev–Trinajstić information content (AvgIpc) is 3.13. The van der Waals surface area contributed by atoms with Gasteiger partial charge in [0.05, 0.1) is 6.61 Å². The highest BCUT2D eigenvalue weighted by atomic mass is 79.9. The molecule has 208 valence electrons. The Morgan fingerprint density at radius 3 is 2.46 bits per heavy atom. The Balaban J connectivity index is 1.85. The van der Waals surface area contributed by atoms with E-state index in [0.29, 0.717) is 18.9 Å². The molecule has 0 heterocycles. The van der Waals surface area contributed by atoms with Gasteiger partial charge in [-0.25, -0.2) is 0 Å². The zero-order valence-corrected chi connectivity index (χ0v) is 26.5. The molecule has 0 aromatic heterocycles. The third-order valence-corrected chi connectivity index (χ3v) is 13.3. The van der Waals surface area contributed by atoms with Crippen LogP contribution in [0, 0.1) is 11.8 Å². The Morgan fingerprint density at radius 1 is 1.11 bits per heavy atom. The number of carbonyl (C=O) groups excluding carboxylic acids is 1. The van der Waals surface area contributed by atoms with E-state index in [1.807, 2.05) is 25.2 Å². The summed E-state index contributed by atoms with van der Waals surface area (Å²) in [6.07, 6.45) is 9.93. The van der Waals surface area contributed by atoms with Gasteiger partial charge in [-0.05, 0) is 85.4 Å². The highest BCUT2D eigenvalue weighted by Crippen LogP contribution is 2.51. The van der Waals surface area contributed by atoms with E-state index < -0.39 is 14.4 Å². The van der Waals surface area contributed by atoms with E-state index >= 15 is 0 Å². The molecule has 2 aliphatic rings. The molecule has 0 saturated carbocycles. The molecule has 0 fully saturated rings. The fourth-order valence-electron chi connectivity index (χ4n) is 6.06. The number of halogens is 1. The van der Waals surface area contributed by atoms with E-state index in [-0.39, 0.29) is 16.7 Å². The Kier molecular flexibility index (Phi) is 10.7. The maximum Gasteiger partial charge on any atom is 0.188 e. The molecule has 0 saturated heterocycles. The number of ether oxygens (including phenoxy) is 1. The second-order valence-corrected chi connectivity index (χ2v) is 17.9. The first kappa shape index (κ1) is 30.6. The fourth-order valence-corrected chi connectivity index (χ4v) is 7.43. The second-order valence-electron chi connectivity index (χ2n) is 12.6. The molecule has 3 atom stereocenters. The molecule has 3 rings (SSSR count). The summed E-state index contributed by atoms with van der Waals surface area (Å²) >= 11 is 3.68. The van der Waals surface area contributed by atoms with Crippen LogP contribution in [-0.4, -0.2) is 30.6 Å². The lowest BCUT2D eigenvalue weighted by atomic mass is 9.77. The van der Waals surface area contributed by atoms with Crippen molar-refractivity contribution < 1.29 is 19.4 Å². The minimum atomic E-state index is -2.31. The molecule has 4 nitrogen and oxygen atoms in total. The highest BCUT2D eigenvalue weighted by molar-refractivity contribution is 9.10. The number of hydrogen-bond donors (Lipinski definition) is 2. The number of benzene rings is 1. The van der Waals surface area contributed by atoms with Crippen molar-refractivity contribution in [1.29, 1.82) is 0 Å². The molecule has 1 aromatic rings. The first-order chi connectivity index (χ1) is 17.4. The smallest absolute Gasteiger partial charge is 0.188 e. The summed E-state index contributed by atoms with van der Waals surface area (Å²) < 4.78 is 6.99. The molecular formula is C31H49BrO4Si. The number of ketones is 1. The lowest BCUT2D eigenvalue weighted by molar-refractivity contribution is -0.115. The standard InChI is InChI=1S/C31H49BrO4Si/c1-7-9-11-12-21(20-31(3,4)37(5,6)35)13-14-23-26(33)19-22-18-24-27(36-17-10-8-2)16-15-25(32)29(24)30(34)28(22)23/h15-16,21-22,30,34-35H,7-14,17-20H2,1-6H3/t21-,22?,30?/m0/s1. The molecule has 1 aromatic carbocycles. The Morgan fingerprint density at radius 2 is 1.81 bits per heavy atom. The molecule has 0 bridgehead atoms. The summed E-state index contributed by atoms with van der Waals surface area (Å²) in [6, 6.07) is 3.96. The number of aliphatic hydroxyl groups excluding tert-OH is 1. The number of carbonyl (C=O) groups is 1. The van der Waals surface area contributed by atoms with E-state index in [4.69, 9.17) is 4.74 Å². The lowest BCUT2D eigenvalue weighted by Crippen LogP contribution is -2.40. The van der Waals surface area contributed by atoms with Gasteiger partial charge in [0.2, 0.25) is 0 Å². The van der Waals surface area contributed by atoms with Gasteiger partial charge in [0.1, 0.15) is 11.9 Å². The molecule has 0 aliphatic heterocycles. The SMILES string of the molecule is CCCCC[C@@H](CCC1=C2C(CC1=O)Cc1c(OCCCC)ccc(Br)c1C2O)CC(C)(C)[Si](C)(C)O. The summed E-state index contributed by atoms with van der Waals surface area (Å²) in [6.45, 7) is 13.6. The summed E-state index contributed by atoms with van der Waals surface area (Å²) in [5.74, 6) is 1.59. The van der Waals surface area contributed by atoms with E-state index in [2.05, 4.69) is 43.6 Å². The fraction of sp³-hybridized carbons (Fsp3) is 0.710. The van der Waals surface area contributed by atoms with Crippen LogP contribution in [0.1, 0.15) is 109 Å². The average molecular weight is 594 g/mol. The van der Waals surface area contributed by atoms with Crippen LogP contribution in [0.3, 0.4) is 0 Å². The number of aliphatic hydroxyl groups is 1. The molecule has 0 spiro atoms. The van der Waals surface area contributed by atoms with Gasteiger partial charge in [0.25, 0.3) is 0 Å². The van der Waals surface area contributed by atoms with Crippen molar-refractivity contribution in [1.82, 2.24) is 0 Å². The number of fused-ring (bicyclic) bond motifs is 2. The van der Waals surface area contributed by atoms with Crippen LogP contribution < -0.4 is 4.74 Å². The van der Waals surface area contributed by atoms with Crippen LogP contribution >= 0.6 is 15.9 Å². The lowest BCUT2D eigenvalue weighted by Gasteiger charge is -2.38. The summed E-state index contributed by atoms with van der Waals surface area (Å²) in [5.41, 5.74) is 3.75. The number of Topliss-reactive ketones (excluding diaryl/α,β-unsaturated/α-hetero) is 1. The van der Waals surface area contributed by atoms with E-state index in [1.54, 1.807) is 0 Å². The molecular weight excluding hydrogens is 544 g/mol. The summed E-state index contributed by atoms with van der Waals surface area (Å²) in [5, 5.41) is 11.5. The van der Waals surface area contributed by atoms with Gasteiger partial charge < -0.3 is 14.6 Å². The van der Waals surface area contributed by atoms with Crippen molar-refractivity contribution in [3.8, 4) is 5.75 Å².